The lowest BCUT2D eigenvalue weighted by Crippen LogP contribution is -2.69. The second-order valence-corrected chi connectivity index (χ2v) is 7.73. The Hall–Kier alpha value is 0.270. The summed E-state index contributed by atoms with van der Waals surface area (Å²) in [6.45, 7) is 10.9. The lowest BCUT2D eigenvalue weighted by atomic mass is 9.82. The van der Waals surface area contributed by atoms with Crippen LogP contribution in [0.1, 0.15) is 52.9 Å². The van der Waals surface area contributed by atoms with Gasteiger partial charge in [-0.25, -0.2) is 0 Å². The van der Waals surface area contributed by atoms with Crippen LogP contribution in [-0.2, 0) is 0 Å². The predicted molar refractivity (Wildman–Crippen MR) is 87.0 cm³/mol. The molecule has 3 heteroatoms. The van der Waals surface area contributed by atoms with E-state index in [-0.39, 0.29) is 0 Å². The summed E-state index contributed by atoms with van der Waals surface area (Å²) in [7, 11) is 0. The summed E-state index contributed by atoms with van der Waals surface area (Å²) in [5.41, 5.74) is 0.792. The standard InChI is InChI=1S/C16H32N2S/c1-5-16(6-2)13-18(10-7-11-19-4)15(3,12-17-16)14-8-9-14/h14,17H,5-13H2,1-4H3. The Kier molecular flexibility index (Phi) is 5.24. The summed E-state index contributed by atoms with van der Waals surface area (Å²) in [5, 5.41) is 3.92. The summed E-state index contributed by atoms with van der Waals surface area (Å²) in [5.74, 6) is 2.25. The van der Waals surface area contributed by atoms with Crippen LogP contribution in [0.5, 0.6) is 0 Å². The Bertz CT molecular complexity index is 286. The number of hydrogen-bond acceptors (Lipinski definition) is 3. The average Bonchev–Trinajstić information content (AvgIpc) is 3.26. The van der Waals surface area contributed by atoms with Crippen molar-refractivity contribution in [2.45, 2.75) is 64.0 Å². The zero-order valence-corrected chi connectivity index (χ0v) is 14.1. The van der Waals surface area contributed by atoms with Crippen LogP contribution in [0.25, 0.3) is 0 Å². The average molecular weight is 285 g/mol. The van der Waals surface area contributed by atoms with Crippen LogP contribution in [0.2, 0.25) is 0 Å². The van der Waals surface area contributed by atoms with Crippen molar-refractivity contribution >= 4 is 11.8 Å². The van der Waals surface area contributed by atoms with Gasteiger partial charge in [-0.3, -0.25) is 4.90 Å². The highest BCUT2D eigenvalue weighted by atomic mass is 32.2. The highest BCUT2D eigenvalue weighted by molar-refractivity contribution is 7.98. The minimum absolute atomic E-state index is 0.369. The Labute approximate surface area is 124 Å². The van der Waals surface area contributed by atoms with Crippen molar-refractivity contribution in [2.75, 3.05) is 31.6 Å². The molecule has 1 saturated carbocycles. The van der Waals surface area contributed by atoms with E-state index >= 15 is 0 Å². The van der Waals surface area contributed by atoms with E-state index in [4.69, 9.17) is 0 Å². The molecule has 112 valence electrons. The zero-order chi connectivity index (χ0) is 13.9. The molecule has 1 aliphatic carbocycles. The van der Waals surface area contributed by atoms with Crippen molar-refractivity contribution in [1.82, 2.24) is 10.2 Å². The molecule has 1 saturated heterocycles. The minimum Gasteiger partial charge on any atom is -0.308 e. The summed E-state index contributed by atoms with van der Waals surface area (Å²) < 4.78 is 0. The van der Waals surface area contributed by atoms with Gasteiger partial charge in [-0.15, -0.1) is 0 Å². The largest absolute Gasteiger partial charge is 0.308 e. The number of hydrogen-bond donors (Lipinski definition) is 1. The molecule has 0 radical (unpaired) electrons. The van der Waals surface area contributed by atoms with Crippen LogP contribution < -0.4 is 5.32 Å². The molecule has 1 atom stereocenters. The van der Waals surface area contributed by atoms with Crippen molar-refractivity contribution in [3.05, 3.63) is 0 Å². The Morgan fingerprint density at radius 1 is 1.26 bits per heavy atom. The van der Waals surface area contributed by atoms with Gasteiger partial charge in [0.25, 0.3) is 0 Å². The molecule has 0 bridgehead atoms. The monoisotopic (exact) mass is 284 g/mol. The second kappa shape index (κ2) is 6.36. The van der Waals surface area contributed by atoms with Gasteiger partial charge in [-0.1, -0.05) is 13.8 Å². The van der Waals surface area contributed by atoms with Gasteiger partial charge in [0.2, 0.25) is 0 Å². The second-order valence-electron chi connectivity index (χ2n) is 6.74. The molecule has 2 rings (SSSR count). The molecule has 2 aliphatic rings. The molecule has 1 N–H and O–H groups in total. The highest BCUT2D eigenvalue weighted by Gasteiger charge is 2.50. The molecule has 1 unspecified atom stereocenters. The van der Waals surface area contributed by atoms with Gasteiger partial charge >= 0.3 is 0 Å². The predicted octanol–water partition coefficient (Wildman–Crippen LogP) is 3.37. The molecule has 0 aromatic rings. The molecule has 0 aromatic carbocycles. The first kappa shape index (κ1) is 15.7. The molecule has 2 fully saturated rings. The molecular formula is C16H32N2S. The van der Waals surface area contributed by atoms with E-state index in [1.54, 1.807) is 0 Å². The number of nitrogens with zero attached hydrogens (tertiary/aromatic N) is 1. The van der Waals surface area contributed by atoms with E-state index in [9.17, 15) is 0 Å². The summed E-state index contributed by atoms with van der Waals surface area (Å²) in [6, 6.07) is 0. The van der Waals surface area contributed by atoms with Crippen molar-refractivity contribution in [2.24, 2.45) is 5.92 Å². The maximum atomic E-state index is 3.92. The third kappa shape index (κ3) is 3.30. The smallest absolute Gasteiger partial charge is 0.0334 e. The molecule has 2 nitrogen and oxygen atoms in total. The van der Waals surface area contributed by atoms with Gasteiger partial charge in [0, 0.05) is 24.2 Å². The number of rotatable bonds is 7. The van der Waals surface area contributed by atoms with Gasteiger partial charge in [-0.2, -0.15) is 11.8 Å². The fourth-order valence-electron chi connectivity index (χ4n) is 3.65. The summed E-state index contributed by atoms with van der Waals surface area (Å²) in [4.78, 5) is 2.84. The number of nitrogens with one attached hydrogen (secondary N) is 1. The quantitative estimate of drug-likeness (QED) is 0.722. The Balaban J connectivity index is 2.04. The summed E-state index contributed by atoms with van der Waals surface area (Å²) >= 11 is 1.98. The van der Waals surface area contributed by atoms with Crippen LogP contribution in [0, 0.1) is 5.92 Å². The first-order chi connectivity index (χ1) is 9.10. The molecule has 1 aliphatic heterocycles. The normalized spacial score (nSPS) is 31.6. The van der Waals surface area contributed by atoms with Gasteiger partial charge < -0.3 is 5.32 Å². The van der Waals surface area contributed by atoms with Crippen molar-refractivity contribution < 1.29 is 0 Å². The lowest BCUT2D eigenvalue weighted by Gasteiger charge is -2.54. The van der Waals surface area contributed by atoms with E-state index < -0.39 is 0 Å². The zero-order valence-electron chi connectivity index (χ0n) is 13.3. The fraction of sp³-hybridized carbons (Fsp3) is 1.00. The molecule has 0 spiro atoms. The first-order valence-corrected chi connectivity index (χ1v) is 9.48. The molecule has 0 aromatic heterocycles. The summed E-state index contributed by atoms with van der Waals surface area (Å²) in [6.07, 6.45) is 8.96. The fourth-order valence-corrected chi connectivity index (χ4v) is 4.06. The van der Waals surface area contributed by atoms with Gasteiger partial charge in [0.1, 0.15) is 0 Å². The van der Waals surface area contributed by atoms with E-state index in [1.165, 1.54) is 57.5 Å². The van der Waals surface area contributed by atoms with E-state index in [2.05, 4.69) is 37.2 Å². The van der Waals surface area contributed by atoms with Crippen molar-refractivity contribution in [1.29, 1.82) is 0 Å². The third-order valence-corrected chi connectivity index (χ3v) is 6.32. The van der Waals surface area contributed by atoms with E-state index in [1.807, 2.05) is 11.8 Å². The third-order valence-electron chi connectivity index (χ3n) is 5.62. The van der Waals surface area contributed by atoms with Gasteiger partial charge in [0.15, 0.2) is 0 Å². The SMILES string of the molecule is CCC1(CC)CN(CCCSC)C(C)(C2CC2)CN1. The first-order valence-electron chi connectivity index (χ1n) is 8.09. The van der Waals surface area contributed by atoms with Gasteiger partial charge in [0.05, 0.1) is 0 Å². The maximum Gasteiger partial charge on any atom is 0.0334 e. The van der Waals surface area contributed by atoms with Crippen LogP contribution in [0.3, 0.4) is 0 Å². The van der Waals surface area contributed by atoms with Crippen LogP contribution in [0.4, 0.5) is 0 Å². The Morgan fingerprint density at radius 3 is 2.47 bits per heavy atom. The minimum atomic E-state index is 0.369. The lowest BCUT2D eigenvalue weighted by molar-refractivity contribution is -0.00177. The topological polar surface area (TPSA) is 15.3 Å². The highest BCUT2D eigenvalue weighted by Crippen LogP contribution is 2.45. The van der Waals surface area contributed by atoms with Crippen molar-refractivity contribution in [3.63, 3.8) is 0 Å². The van der Waals surface area contributed by atoms with Crippen LogP contribution >= 0.6 is 11.8 Å². The molecule has 1 heterocycles. The molecular weight excluding hydrogens is 252 g/mol. The number of piperazine rings is 1. The Morgan fingerprint density at radius 2 is 1.95 bits per heavy atom. The van der Waals surface area contributed by atoms with Crippen LogP contribution in [0.15, 0.2) is 0 Å². The van der Waals surface area contributed by atoms with Crippen LogP contribution in [-0.4, -0.2) is 47.6 Å². The van der Waals surface area contributed by atoms with E-state index in [0.717, 1.165) is 5.92 Å². The maximum absolute atomic E-state index is 3.92. The van der Waals surface area contributed by atoms with Crippen molar-refractivity contribution in [3.8, 4) is 0 Å². The molecule has 0 amide bonds. The number of thioether (sulfide) groups is 1. The molecule has 19 heavy (non-hydrogen) atoms. The van der Waals surface area contributed by atoms with E-state index in [0.29, 0.717) is 11.1 Å². The van der Waals surface area contributed by atoms with Gasteiger partial charge in [-0.05, 0) is 63.5 Å².